The van der Waals surface area contributed by atoms with E-state index in [9.17, 15) is 8.78 Å². The van der Waals surface area contributed by atoms with Crippen molar-refractivity contribution in [2.75, 3.05) is 0 Å². The third-order valence-electron chi connectivity index (χ3n) is 2.64. The smallest absolute Gasteiger partial charge is 0.486 e. The summed E-state index contributed by atoms with van der Waals surface area (Å²) < 4.78 is 31.8. The molecule has 104 valence electrons. The van der Waals surface area contributed by atoms with E-state index in [1.807, 2.05) is 0 Å². The Labute approximate surface area is 119 Å². The predicted octanol–water partition coefficient (Wildman–Crippen LogP) is 1.88. The number of rotatable bonds is 4. The van der Waals surface area contributed by atoms with Crippen LogP contribution in [0.5, 0.6) is 5.75 Å². The Bertz CT molecular complexity index is 623. The second kappa shape index (κ2) is 6.22. The van der Waals surface area contributed by atoms with Crippen LogP contribution in [0.3, 0.4) is 0 Å². The molecule has 0 saturated heterocycles. The van der Waals surface area contributed by atoms with E-state index in [1.165, 1.54) is 24.3 Å². The maximum Gasteiger partial charge on any atom is 0.488 e. The fraction of sp³-hybridized carbons (Fsp3) is 0.0769. The largest absolute Gasteiger partial charge is 0.488 e. The number of benzene rings is 2. The Morgan fingerprint density at radius 3 is 2.55 bits per heavy atom. The van der Waals surface area contributed by atoms with Gasteiger partial charge in [0.25, 0.3) is 0 Å². The van der Waals surface area contributed by atoms with Gasteiger partial charge in [0.1, 0.15) is 12.4 Å². The molecule has 2 N–H and O–H groups in total. The Morgan fingerprint density at radius 1 is 1.10 bits per heavy atom. The molecule has 0 radical (unpaired) electrons. The van der Waals surface area contributed by atoms with Crippen LogP contribution in [-0.2, 0) is 6.61 Å². The molecule has 2 aromatic carbocycles. The minimum atomic E-state index is -1.73. The molecule has 0 saturated carbocycles. The first-order chi connectivity index (χ1) is 9.47. The zero-order chi connectivity index (χ0) is 14.7. The number of halogens is 3. The molecule has 0 aliphatic heterocycles. The first-order valence-electron chi connectivity index (χ1n) is 5.69. The maximum atomic E-state index is 13.5. The SMILES string of the molecule is OB(O)c1ccc(F)c(OCc2cc(F)ccc2Cl)c1. The predicted molar refractivity (Wildman–Crippen MR) is 72.0 cm³/mol. The number of hydrogen-bond acceptors (Lipinski definition) is 3. The molecular formula is C13H10BClF2O3. The van der Waals surface area contributed by atoms with Crippen molar-refractivity contribution in [3.8, 4) is 5.75 Å². The molecule has 0 aliphatic carbocycles. The molecular weight excluding hydrogens is 288 g/mol. The van der Waals surface area contributed by atoms with Crippen LogP contribution in [0.4, 0.5) is 8.78 Å². The lowest BCUT2D eigenvalue weighted by Crippen LogP contribution is -2.29. The van der Waals surface area contributed by atoms with Crippen LogP contribution in [0, 0.1) is 11.6 Å². The van der Waals surface area contributed by atoms with E-state index in [-0.39, 0.29) is 17.8 Å². The average Bonchev–Trinajstić information content (AvgIpc) is 2.41. The highest BCUT2D eigenvalue weighted by atomic mass is 35.5. The average molecular weight is 298 g/mol. The van der Waals surface area contributed by atoms with Crippen LogP contribution >= 0.6 is 11.6 Å². The van der Waals surface area contributed by atoms with Crippen molar-refractivity contribution in [3.63, 3.8) is 0 Å². The summed E-state index contributed by atoms with van der Waals surface area (Å²) in [6, 6.07) is 7.20. The first-order valence-corrected chi connectivity index (χ1v) is 6.07. The fourth-order valence-corrected chi connectivity index (χ4v) is 1.77. The summed E-state index contributed by atoms with van der Waals surface area (Å²) >= 11 is 5.86. The summed E-state index contributed by atoms with van der Waals surface area (Å²) in [6.45, 7) is -0.140. The van der Waals surface area contributed by atoms with Crippen molar-refractivity contribution in [1.82, 2.24) is 0 Å². The number of hydrogen-bond donors (Lipinski definition) is 2. The van der Waals surface area contributed by atoms with Crippen LogP contribution in [0.15, 0.2) is 36.4 Å². The Morgan fingerprint density at radius 2 is 1.85 bits per heavy atom. The lowest BCUT2D eigenvalue weighted by atomic mass is 9.80. The molecule has 0 atom stereocenters. The highest BCUT2D eigenvalue weighted by molar-refractivity contribution is 6.58. The van der Waals surface area contributed by atoms with Crippen molar-refractivity contribution in [3.05, 3.63) is 58.6 Å². The van der Waals surface area contributed by atoms with Gasteiger partial charge in [-0.15, -0.1) is 0 Å². The molecule has 2 rings (SSSR count). The molecule has 0 aliphatic rings. The van der Waals surface area contributed by atoms with Crippen LogP contribution in [-0.4, -0.2) is 17.2 Å². The Hall–Kier alpha value is -1.63. The quantitative estimate of drug-likeness (QED) is 0.847. The Balaban J connectivity index is 2.18. The van der Waals surface area contributed by atoms with Crippen molar-refractivity contribution < 1.29 is 23.6 Å². The van der Waals surface area contributed by atoms with E-state index in [1.54, 1.807) is 0 Å². The first kappa shape index (κ1) is 14.8. The van der Waals surface area contributed by atoms with Gasteiger partial charge in [0, 0.05) is 10.6 Å². The summed E-state index contributed by atoms with van der Waals surface area (Å²) in [7, 11) is -1.73. The topological polar surface area (TPSA) is 49.7 Å². The normalized spacial score (nSPS) is 10.4. The molecule has 0 bridgehead atoms. The summed E-state index contributed by atoms with van der Waals surface area (Å²) in [5, 5.41) is 18.3. The summed E-state index contributed by atoms with van der Waals surface area (Å²) in [4.78, 5) is 0. The minimum absolute atomic E-state index is 0.0896. The maximum absolute atomic E-state index is 13.5. The zero-order valence-electron chi connectivity index (χ0n) is 10.2. The standard InChI is InChI=1S/C13H10BClF2O3/c15-11-3-2-10(16)5-8(11)7-20-13-6-9(14(18)19)1-4-12(13)17/h1-6,18-19H,7H2. The Kier molecular flexibility index (Phi) is 4.59. The van der Waals surface area contributed by atoms with E-state index >= 15 is 0 Å². The van der Waals surface area contributed by atoms with Gasteiger partial charge in [0.2, 0.25) is 0 Å². The number of ether oxygens (including phenoxy) is 1. The lowest BCUT2D eigenvalue weighted by Gasteiger charge is -2.10. The lowest BCUT2D eigenvalue weighted by molar-refractivity contribution is 0.290. The van der Waals surface area contributed by atoms with Crippen molar-refractivity contribution in [1.29, 1.82) is 0 Å². The van der Waals surface area contributed by atoms with Gasteiger partial charge in [0.15, 0.2) is 11.6 Å². The van der Waals surface area contributed by atoms with E-state index in [4.69, 9.17) is 26.4 Å². The highest BCUT2D eigenvalue weighted by Crippen LogP contribution is 2.21. The second-order valence-electron chi connectivity index (χ2n) is 4.09. The van der Waals surface area contributed by atoms with Crippen molar-refractivity contribution in [2.45, 2.75) is 6.61 Å². The fourth-order valence-electron chi connectivity index (χ4n) is 1.60. The van der Waals surface area contributed by atoms with Gasteiger partial charge in [-0.2, -0.15) is 0 Å². The molecule has 7 heteroatoms. The molecule has 0 amide bonds. The van der Waals surface area contributed by atoms with Gasteiger partial charge in [-0.05, 0) is 35.8 Å². The van der Waals surface area contributed by atoms with Crippen molar-refractivity contribution in [2.24, 2.45) is 0 Å². The molecule has 2 aromatic rings. The van der Waals surface area contributed by atoms with E-state index in [0.29, 0.717) is 10.6 Å². The molecule has 0 fully saturated rings. The van der Waals surface area contributed by atoms with Crippen LogP contribution < -0.4 is 10.2 Å². The van der Waals surface area contributed by atoms with Gasteiger partial charge in [0.05, 0.1) is 0 Å². The molecule has 0 spiro atoms. The monoisotopic (exact) mass is 298 g/mol. The van der Waals surface area contributed by atoms with E-state index < -0.39 is 18.8 Å². The third-order valence-corrected chi connectivity index (χ3v) is 3.01. The minimum Gasteiger partial charge on any atom is -0.486 e. The molecule has 0 unspecified atom stereocenters. The van der Waals surface area contributed by atoms with Crippen molar-refractivity contribution >= 4 is 24.2 Å². The van der Waals surface area contributed by atoms with Crippen LogP contribution in [0.2, 0.25) is 5.02 Å². The molecule has 0 aromatic heterocycles. The zero-order valence-corrected chi connectivity index (χ0v) is 10.9. The third kappa shape index (κ3) is 3.48. The molecule has 3 nitrogen and oxygen atoms in total. The van der Waals surface area contributed by atoms with Gasteiger partial charge in [-0.25, -0.2) is 8.78 Å². The van der Waals surface area contributed by atoms with Crippen LogP contribution in [0.1, 0.15) is 5.56 Å². The van der Waals surface area contributed by atoms with Crippen LogP contribution in [0.25, 0.3) is 0 Å². The van der Waals surface area contributed by atoms with Gasteiger partial charge in [-0.1, -0.05) is 17.7 Å². The van der Waals surface area contributed by atoms with Gasteiger partial charge < -0.3 is 14.8 Å². The van der Waals surface area contributed by atoms with Gasteiger partial charge in [-0.3, -0.25) is 0 Å². The highest BCUT2D eigenvalue weighted by Gasteiger charge is 2.14. The second-order valence-corrected chi connectivity index (χ2v) is 4.50. The molecule has 20 heavy (non-hydrogen) atoms. The van der Waals surface area contributed by atoms with E-state index in [2.05, 4.69) is 0 Å². The van der Waals surface area contributed by atoms with E-state index in [0.717, 1.165) is 12.1 Å². The molecule has 0 heterocycles. The van der Waals surface area contributed by atoms with Gasteiger partial charge >= 0.3 is 7.12 Å². The summed E-state index contributed by atoms with van der Waals surface area (Å²) in [5.74, 6) is -1.31. The summed E-state index contributed by atoms with van der Waals surface area (Å²) in [6.07, 6.45) is 0. The summed E-state index contributed by atoms with van der Waals surface area (Å²) in [5.41, 5.74) is 0.452.